The second-order valence-electron chi connectivity index (χ2n) is 4.32. The van der Waals surface area contributed by atoms with E-state index < -0.39 is 5.97 Å². The van der Waals surface area contributed by atoms with Gasteiger partial charge in [-0.05, 0) is 30.9 Å². The first kappa shape index (κ1) is 15.5. The number of hydrogen-bond donors (Lipinski definition) is 2. The summed E-state index contributed by atoms with van der Waals surface area (Å²) in [7, 11) is 0. The van der Waals surface area contributed by atoms with Crippen LogP contribution in [0.3, 0.4) is 0 Å². The van der Waals surface area contributed by atoms with E-state index in [4.69, 9.17) is 9.84 Å². The van der Waals surface area contributed by atoms with Crippen LogP contribution >= 0.6 is 22.7 Å². The molecular formula is C14H15NO4S2. The summed E-state index contributed by atoms with van der Waals surface area (Å²) >= 11 is 2.78. The van der Waals surface area contributed by atoms with Gasteiger partial charge < -0.3 is 15.2 Å². The number of aromatic carboxylic acids is 1. The Morgan fingerprint density at radius 2 is 2.24 bits per heavy atom. The van der Waals surface area contributed by atoms with Crippen molar-refractivity contribution in [3.05, 3.63) is 38.2 Å². The van der Waals surface area contributed by atoms with Crippen molar-refractivity contribution in [2.45, 2.75) is 13.3 Å². The zero-order valence-electron chi connectivity index (χ0n) is 11.4. The first-order chi connectivity index (χ1) is 10.1. The second kappa shape index (κ2) is 7.24. The van der Waals surface area contributed by atoms with E-state index in [2.05, 4.69) is 5.32 Å². The standard InChI is InChI=1S/C14H15NO4S2/c1-9-7-11(13(21-9)14(17)18)19-8-12(16)15-5-4-10-3-2-6-20-10/h2-3,6-7H,4-5,8H2,1H3,(H,15,16)(H,17,18). The lowest BCUT2D eigenvalue weighted by Crippen LogP contribution is -2.30. The fraction of sp³-hybridized carbons (Fsp3) is 0.286. The average Bonchev–Trinajstić information content (AvgIpc) is 3.05. The molecule has 2 aromatic rings. The molecule has 0 aromatic carbocycles. The molecule has 0 aliphatic heterocycles. The third-order valence-electron chi connectivity index (χ3n) is 2.65. The lowest BCUT2D eigenvalue weighted by atomic mass is 10.3. The van der Waals surface area contributed by atoms with E-state index in [1.807, 2.05) is 17.5 Å². The SMILES string of the molecule is Cc1cc(OCC(=O)NCCc2cccs2)c(C(=O)O)s1. The minimum atomic E-state index is -1.04. The molecule has 0 saturated carbocycles. The molecule has 0 radical (unpaired) electrons. The van der Waals surface area contributed by atoms with Gasteiger partial charge in [0.2, 0.25) is 0 Å². The van der Waals surface area contributed by atoms with Crippen LogP contribution in [0, 0.1) is 6.92 Å². The Labute approximate surface area is 130 Å². The van der Waals surface area contributed by atoms with Gasteiger partial charge in [-0.3, -0.25) is 4.79 Å². The van der Waals surface area contributed by atoms with Crippen LogP contribution in [0.2, 0.25) is 0 Å². The topological polar surface area (TPSA) is 75.6 Å². The highest BCUT2D eigenvalue weighted by molar-refractivity contribution is 7.14. The molecule has 112 valence electrons. The van der Waals surface area contributed by atoms with E-state index in [1.165, 1.54) is 4.88 Å². The lowest BCUT2D eigenvalue weighted by molar-refractivity contribution is -0.123. The van der Waals surface area contributed by atoms with E-state index in [9.17, 15) is 9.59 Å². The number of aryl methyl sites for hydroxylation is 1. The van der Waals surface area contributed by atoms with Crippen LogP contribution in [0.4, 0.5) is 0 Å². The number of nitrogens with one attached hydrogen (secondary N) is 1. The van der Waals surface area contributed by atoms with E-state index in [1.54, 1.807) is 24.3 Å². The Morgan fingerprint density at radius 3 is 2.90 bits per heavy atom. The zero-order valence-corrected chi connectivity index (χ0v) is 13.1. The van der Waals surface area contributed by atoms with Crippen molar-refractivity contribution < 1.29 is 19.4 Å². The molecule has 0 spiro atoms. The van der Waals surface area contributed by atoms with Crippen LogP contribution in [0.25, 0.3) is 0 Å². The number of carbonyl (C=O) groups excluding carboxylic acids is 1. The largest absolute Gasteiger partial charge is 0.482 e. The minimum absolute atomic E-state index is 0.124. The molecule has 2 rings (SSSR count). The molecule has 0 unspecified atom stereocenters. The van der Waals surface area contributed by atoms with Gasteiger partial charge in [0.1, 0.15) is 5.75 Å². The van der Waals surface area contributed by atoms with Crippen molar-refractivity contribution in [1.82, 2.24) is 5.32 Å². The summed E-state index contributed by atoms with van der Waals surface area (Å²) in [6.07, 6.45) is 0.779. The van der Waals surface area contributed by atoms with Crippen molar-refractivity contribution >= 4 is 34.6 Å². The molecule has 5 nitrogen and oxygen atoms in total. The summed E-state index contributed by atoms with van der Waals surface area (Å²) in [5.74, 6) is -1.05. The summed E-state index contributed by atoms with van der Waals surface area (Å²) in [6, 6.07) is 5.62. The summed E-state index contributed by atoms with van der Waals surface area (Å²) in [5, 5.41) is 13.8. The van der Waals surface area contributed by atoms with Crippen molar-refractivity contribution in [1.29, 1.82) is 0 Å². The van der Waals surface area contributed by atoms with Gasteiger partial charge >= 0.3 is 5.97 Å². The van der Waals surface area contributed by atoms with Crippen molar-refractivity contribution in [3.63, 3.8) is 0 Å². The summed E-state index contributed by atoms with van der Waals surface area (Å²) < 4.78 is 5.29. The number of ether oxygens (including phenoxy) is 1. The predicted molar refractivity (Wildman–Crippen MR) is 82.5 cm³/mol. The normalized spacial score (nSPS) is 10.3. The van der Waals surface area contributed by atoms with Crippen LogP contribution in [-0.2, 0) is 11.2 Å². The van der Waals surface area contributed by atoms with Crippen LogP contribution in [0.5, 0.6) is 5.75 Å². The number of hydrogen-bond acceptors (Lipinski definition) is 5. The van der Waals surface area contributed by atoms with Gasteiger partial charge in [0, 0.05) is 16.3 Å². The lowest BCUT2D eigenvalue weighted by Gasteiger charge is -2.06. The Morgan fingerprint density at radius 1 is 1.43 bits per heavy atom. The maximum Gasteiger partial charge on any atom is 0.349 e. The third-order valence-corrected chi connectivity index (χ3v) is 4.60. The maximum atomic E-state index is 11.7. The van der Waals surface area contributed by atoms with Crippen molar-refractivity contribution in [2.24, 2.45) is 0 Å². The molecule has 7 heteroatoms. The number of thiophene rings is 2. The quantitative estimate of drug-likeness (QED) is 0.820. The number of carbonyl (C=O) groups is 2. The molecular weight excluding hydrogens is 310 g/mol. The van der Waals surface area contributed by atoms with Gasteiger partial charge in [0.25, 0.3) is 5.91 Å². The molecule has 2 N–H and O–H groups in total. The van der Waals surface area contributed by atoms with Crippen molar-refractivity contribution in [2.75, 3.05) is 13.2 Å². The van der Waals surface area contributed by atoms with E-state index in [0.717, 1.165) is 22.6 Å². The first-order valence-corrected chi connectivity index (χ1v) is 8.01. The minimum Gasteiger partial charge on any atom is -0.482 e. The Bertz CT molecular complexity index is 619. The van der Waals surface area contributed by atoms with E-state index in [-0.39, 0.29) is 23.1 Å². The average molecular weight is 325 g/mol. The van der Waals surface area contributed by atoms with Gasteiger partial charge in [-0.2, -0.15) is 0 Å². The molecule has 0 aliphatic carbocycles. The summed E-state index contributed by atoms with van der Waals surface area (Å²) in [6.45, 7) is 2.16. The van der Waals surface area contributed by atoms with Gasteiger partial charge in [-0.25, -0.2) is 4.79 Å². The maximum absolute atomic E-state index is 11.7. The Kier molecular flexibility index (Phi) is 5.35. The van der Waals surface area contributed by atoms with E-state index in [0.29, 0.717) is 6.54 Å². The highest BCUT2D eigenvalue weighted by Gasteiger charge is 2.16. The molecule has 21 heavy (non-hydrogen) atoms. The number of rotatable bonds is 7. The van der Waals surface area contributed by atoms with Gasteiger partial charge in [0.15, 0.2) is 11.5 Å². The highest BCUT2D eigenvalue weighted by Crippen LogP contribution is 2.28. The summed E-state index contributed by atoms with van der Waals surface area (Å²) in [5.41, 5.74) is 0. The van der Waals surface area contributed by atoms with Crippen LogP contribution < -0.4 is 10.1 Å². The molecule has 0 fully saturated rings. The van der Waals surface area contributed by atoms with Gasteiger partial charge in [-0.15, -0.1) is 22.7 Å². The molecule has 0 atom stereocenters. The number of amides is 1. The fourth-order valence-electron chi connectivity index (χ4n) is 1.72. The zero-order chi connectivity index (χ0) is 15.2. The monoisotopic (exact) mass is 325 g/mol. The van der Waals surface area contributed by atoms with E-state index >= 15 is 0 Å². The molecule has 0 bridgehead atoms. The fourth-order valence-corrected chi connectivity index (χ4v) is 3.22. The Hall–Kier alpha value is -1.86. The summed E-state index contributed by atoms with van der Waals surface area (Å²) in [4.78, 5) is 24.8. The van der Waals surface area contributed by atoms with Gasteiger partial charge in [-0.1, -0.05) is 6.07 Å². The highest BCUT2D eigenvalue weighted by atomic mass is 32.1. The molecule has 1 amide bonds. The smallest absolute Gasteiger partial charge is 0.349 e. The molecule has 2 aromatic heterocycles. The predicted octanol–water partition coefficient (Wildman–Crippen LogP) is 2.55. The van der Waals surface area contributed by atoms with Crippen molar-refractivity contribution in [3.8, 4) is 5.75 Å². The molecule has 2 heterocycles. The van der Waals surface area contributed by atoms with Crippen LogP contribution in [0.1, 0.15) is 19.4 Å². The third kappa shape index (κ3) is 4.57. The number of carboxylic acid groups (broad SMARTS) is 1. The first-order valence-electron chi connectivity index (χ1n) is 6.32. The van der Waals surface area contributed by atoms with Gasteiger partial charge in [0.05, 0.1) is 0 Å². The second-order valence-corrected chi connectivity index (χ2v) is 6.61. The number of carboxylic acids is 1. The Balaban J connectivity index is 1.77. The van der Waals surface area contributed by atoms with Crippen LogP contribution in [-0.4, -0.2) is 30.1 Å². The molecule has 0 saturated heterocycles. The molecule has 0 aliphatic rings. The van der Waals surface area contributed by atoms with Crippen LogP contribution in [0.15, 0.2) is 23.6 Å².